The van der Waals surface area contributed by atoms with E-state index < -0.39 is 10.0 Å². The second-order valence-electron chi connectivity index (χ2n) is 6.71. The predicted octanol–water partition coefficient (Wildman–Crippen LogP) is 1.80. The summed E-state index contributed by atoms with van der Waals surface area (Å²) in [5.74, 6) is 0. The zero-order valence-corrected chi connectivity index (χ0v) is 14.0. The van der Waals surface area contributed by atoms with Gasteiger partial charge in [-0.2, -0.15) is 9.40 Å². The van der Waals surface area contributed by atoms with E-state index in [0.717, 1.165) is 25.7 Å². The molecule has 120 valence electrons. The van der Waals surface area contributed by atoms with Crippen LogP contribution >= 0.6 is 0 Å². The van der Waals surface area contributed by atoms with Gasteiger partial charge in [0, 0.05) is 24.3 Å². The highest BCUT2D eigenvalue weighted by atomic mass is 32.2. The lowest BCUT2D eigenvalue weighted by Crippen LogP contribution is -2.41. The molecule has 0 bridgehead atoms. The molecule has 0 radical (unpaired) electrons. The van der Waals surface area contributed by atoms with E-state index in [1.807, 2.05) is 0 Å². The predicted molar refractivity (Wildman–Crippen MR) is 80.2 cm³/mol. The third-order valence-electron chi connectivity index (χ3n) is 4.64. The van der Waals surface area contributed by atoms with Crippen molar-refractivity contribution in [1.29, 1.82) is 0 Å². The van der Waals surface area contributed by atoms with Gasteiger partial charge in [0.1, 0.15) is 0 Å². The molecule has 0 aromatic carbocycles. The Labute approximate surface area is 126 Å². The fraction of sp³-hybridized carbons (Fsp3) is 0.786. The van der Waals surface area contributed by atoms with Crippen molar-refractivity contribution in [3.63, 3.8) is 0 Å². The first-order valence-electron chi connectivity index (χ1n) is 7.32. The third kappa shape index (κ3) is 3.14. The van der Waals surface area contributed by atoms with E-state index in [-0.39, 0.29) is 17.7 Å². The van der Waals surface area contributed by atoms with E-state index in [1.165, 1.54) is 4.31 Å². The number of aliphatic hydroxyl groups excluding tert-OH is 1. The van der Waals surface area contributed by atoms with E-state index in [9.17, 15) is 13.5 Å². The Kier molecular flexibility index (Phi) is 4.46. The molecule has 7 heteroatoms. The van der Waals surface area contributed by atoms with Crippen LogP contribution in [0.5, 0.6) is 0 Å². The number of nitrogens with zero attached hydrogens (tertiary/aromatic N) is 2. The summed E-state index contributed by atoms with van der Waals surface area (Å²) < 4.78 is 26.9. The van der Waals surface area contributed by atoms with Crippen LogP contribution in [0.1, 0.15) is 50.8 Å². The molecular weight excluding hydrogens is 290 g/mol. The van der Waals surface area contributed by atoms with E-state index in [0.29, 0.717) is 16.7 Å². The topological polar surface area (TPSA) is 86.3 Å². The molecule has 2 N–H and O–H groups in total. The van der Waals surface area contributed by atoms with Gasteiger partial charge in [-0.3, -0.25) is 5.10 Å². The van der Waals surface area contributed by atoms with Crippen LogP contribution in [0.2, 0.25) is 0 Å². The first-order valence-corrected chi connectivity index (χ1v) is 8.76. The number of hydrogen-bond donors (Lipinski definition) is 2. The summed E-state index contributed by atoms with van der Waals surface area (Å²) in [6.07, 6.45) is 3.76. The summed E-state index contributed by atoms with van der Waals surface area (Å²) in [5.41, 5.74) is 1.24. The smallest absolute Gasteiger partial charge is 0.262 e. The SMILES string of the molecule is Cc1[nH]nc(S(=O)(=O)N(C)C2CCC(C)(C)CC2)c1CO. The summed E-state index contributed by atoms with van der Waals surface area (Å²) in [5, 5.41) is 15.9. The van der Waals surface area contributed by atoms with Crippen LogP contribution in [0.3, 0.4) is 0 Å². The molecule has 1 heterocycles. The molecule has 1 aromatic rings. The van der Waals surface area contributed by atoms with Gasteiger partial charge in [0.2, 0.25) is 0 Å². The molecule has 6 nitrogen and oxygen atoms in total. The zero-order chi connectivity index (χ0) is 15.8. The molecule has 21 heavy (non-hydrogen) atoms. The number of hydrogen-bond acceptors (Lipinski definition) is 4. The maximum Gasteiger partial charge on any atom is 0.262 e. The second kappa shape index (κ2) is 5.70. The van der Waals surface area contributed by atoms with Crippen LogP contribution in [0.15, 0.2) is 5.03 Å². The van der Waals surface area contributed by atoms with E-state index in [1.54, 1.807) is 14.0 Å². The molecular formula is C14H25N3O3S. The van der Waals surface area contributed by atoms with Crippen LogP contribution in [0.4, 0.5) is 0 Å². The van der Waals surface area contributed by atoms with Gasteiger partial charge in [0.25, 0.3) is 10.0 Å². The van der Waals surface area contributed by atoms with Gasteiger partial charge in [-0.1, -0.05) is 13.8 Å². The lowest BCUT2D eigenvalue weighted by molar-refractivity contribution is 0.173. The van der Waals surface area contributed by atoms with Gasteiger partial charge in [0.15, 0.2) is 5.03 Å². The fourth-order valence-corrected chi connectivity index (χ4v) is 4.48. The Hall–Kier alpha value is -0.920. The molecule has 0 aliphatic heterocycles. The quantitative estimate of drug-likeness (QED) is 0.887. The van der Waals surface area contributed by atoms with Crippen molar-refractivity contribution in [3.05, 3.63) is 11.3 Å². The number of H-pyrrole nitrogens is 1. The van der Waals surface area contributed by atoms with Crippen molar-refractivity contribution in [2.75, 3.05) is 7.05 Å². The van der Waals surface area contributed by atoms with Crippen molar-refractivity contribution in [2.24, 2.45) is 5.41 Å². The minimum absolute atomic E-state index is 0.00609. The standard InChI is InChI=1S/C14H25N3O3S/c1-10-12(9-18)13(16-15-10)21(19,20)17(4)11-5-7-14(2,3)8-6-11/h11,18H,5-9H2,1-4H3,(H,15,16). The molecule has 0 amide bonds. The summed E-state index contributed by atoms with van der Waals surface area (Å²) >= 11 is 0. The highest BCUT2D eigenvalue weighted by Crippen LogP contribution is 2.37. The van der Waals surface area contributed by atoms with Crippen molar-refractivity contribution in [2.45, 2.75) is 64.1 Å². The Balaban J connectivity index is 2.23. The second-order valence-corrected chi connectivity index (χ2v) is 8.62. The van der Waals surface area contributed by atoms with E-state index in [2.05, 4.69) is 24.0 Å². The molecule has 0 spiro atoms. The number of nitrogens with one attached hydrogen (secondary N) is 1. The summed E-state index contributed by atoms with van der Waals surface area (Å²) in [6, 6.07) is 0.00609. The van der Waals surface area contributed by atoms with Crippen LogP contribution in [0, 0.1) is 12.3 Å². The van der Waals surface area contributed by atoms with Gasteiger partial charge in [-0.05, 0) is 38.0 Å². The molecule has 1 aromatic heterocycles. The van der Waals surface area contributed by atoms with Gasteiger partial charge in [0.05, 0.1) is 6.61 Å². The highest BCUT2D eigenvalue weighted by molar-refractivity contribution is 7.89. The number of rotatable bonds is 4. The molecule has 2 rings (SSSR count). The van der Waals surface area contributed by atoms with Crippen molar-refractivity contribution in [3.8, 4) is 0 Å². The molecule has 1 fully saturated rings. The van der Waals surface area contributed by atoms with Crippen LogP contribution in [-0.2, 0) is 16.6 Å². The van der Waals surface area contributed by atoms with Crippen molar-refractivity contribution >= 4 is 10.0 Å². The van der Waals surface area contributed by atoms with Gasteiger partial charge in [-0.15, -0.1) is 0 Å². The largest absolute Gasteiger partial charge is 0.392 e. The number of sulfonamides is 1. The summed E-state index contributed by atoms with van der Waals surface area (Å²) in [7, 11) is -2.05. The third-order valence-corrected chi connectivity index (χ3v) is 6.52. The Morgan fingerprint density at radius 2 is 1.95 bits per heavy atom. The normalized spacial score (nSPS) is 20.1. The number of aryl methyl sites for hydroxylation is 1. The lowest BCUT2D eigenvalue weighted by atomic mass is 9.76. The molecule has 0 unspecified atom stereocenters. The average molecular weight is 315 g/mol. The maximum atomic E-state index is 12.7. The lowest BCUT2D eigenvalue weighted by Gasteiger charge is -2.37. The average Bonchev–Trinajstić information content (AvgIpc) is 2.79. The number of aliphatic hydroxyl groups is 1. The van der Waals surface area contributed by atoms with Crippen LogP contribution in [-0.4, -0.2) is 41.1 Å². The molecule has 0 atom stereocenters. The van der Waals surface area contributed by atoms with Gasteiger partial charge >= 0.3 is 0 Å². The minimum atomic E-state index is -3.67. The zero-order valence-electron chi connectivity index (χ0n) is 13.2. The first kappa shape index (κ1) is 16.5. The van der Waals surface area contributed by atoms with E-state index in [4.69, 9.17) is 0 Å². The Morgan fingerprint density at radius 3 is 2.48 bits per heavy atom. The molecule has 1 aliphatic rings. The van der Waals surface area contributed by atoms with Crippen molar-refractivity contribution in [1.82, 2.24) is 14.5 Å². The molecule has 1 saturated carbocycles. The monoisotopic (exact) mass is 315 g/mol. The number of aromatic amines is 1. The maximum absolute atomic E-state index is 12.7. The minimum Gasteiger partial charge on any atom is -0.392 e. The first-order chi connectivity index (χ1) is 9.69. The van der Waals surface area contributed by atoms with Gasteiger partial charge in [-0.25, -0.2) is 8.42 Å². The van der Waals surface area contributed by atoms with Crippen LogP contribution < -0.4 is 0 Å². The Morgan fingerprint density at radius 1 is 1.38 bits per heavy atom. The summed E-state index contributed by atoms with van der Waals surface area (Å²) in [6.45, 7) is 5.82. The van der Waals surface area contributed by atoms with E-state index >= 15 is 0 Å². The fourth-order valence-electron chi connectivity index (χ4n) is 2.91. The highest BCUT2D eigenvalue weighted by Gasteiger charge is 2.36. The molecule has 0 saturated heterocycles. The molecule has 1 aliphatic carbocycles. The Bertz CT molecular complexity index is 597. The summed E-state index contributed by atoms with van der Waals surface area (Å²) in [4.78, 5) is 0. The van der Waals surface area contributed by atoms with Crippen molar-refractivity contribution < 1.29 is 13.5 Å². The van der Waals surface area contributed by atoms with Crippen LogP contribution in [0.25, 0.3) is 0 Å². The van der Waals surface area contributed by atoms with Gasteiger partial charge < -0.3 is 5.11 Å². The number of aromatic nitrogens is 2.